The van der Waals surface area contributed by atoms with Crippen LogP contribution in [0.2, 0.25) is 4.34 Å². The van der Waals surface area contributed by atoms with E-state index in [-0.39, 0.29) is 23.8 Å². The number of thiophene rings is 1. The number of anilines is 1. The number of carbonyl (C=O) groups excluding carboxylic acids is 2. The second kappa shape index (κ2) is 6.46. The van der Waals surface area contributed by atoms with Crippen LogP contribution in [0.5, 0.6) is 0 Å². The van der Waals surface area contributed by atoms with Gasteiger partial charge in [-0.2, -0.15) is 0 Å². The molecule has 3 heterocycles. The molecule has 1 N–H and O–H groups in total. The number of likely N-dealkylation sites (tertiary alicyclic amines) is 1. The Labute approximate surface area is 152 Å². The highest BCUT2D eigenvalue weighted by Gasteiger charge is 2.40. The lowest BCUT2D eigenvalue weighted by molar-refractivity contribution is -0.137. The van der Waals surface area contributed by atoms with Gasteiger partial charge in [0.05, 0.1) is 14.9 Å². The molecule has 0 spiro atoms. The monoisotopic (exact) mass is 381 g/mol. The van der Waals surface area contributed by atoms with Crippen LogP contribution in [0.3, 0.4) is 0 Å². The average molecular weight is 382 g/mol. The van der Waals surface area contributed by atoms with Crippen molar-refractivity contribution in [3.05, 3.63) is 21.8 Å². The summed E-state index contributed by atoms with van der Waals surface area (Å²) in [7, 11) is 0. The summed E-state index contributed by atoms with van der Waals surface area (Å²) >= 11 is 8.79. The number of hydrogen-bond donors (Lipinski definition) is 1. The number of rotatable bonds is 4. The summed E-state index contributed by atoms with van der Waals surface area (Å²) in [6.45, 7) is 0.685. The van der Waals surface area contributed by atoms with Crippen molar-refractivity contribution in [2.75, 3.05) is 11.9 Å². The van der Waals surface area contributed by atoms with Crippen molar-refractivity contribution in [3.63, 3.8) is 0 Å². The van der Waals surface area contributed by atoms with Gasteiger partial charge >= 0.3 is 0 Å². The molecule has 8 heteroatoms. The zero-order valence-corrected chi connectivity index (χ0v) is 15.2. The van der Waals surface area contributed by atoms with E-state index in [1.54, 1.807) is 4.90 Å². The molecular formula is C16H16ClN3O2S2. The Kier molecular flexibility index (Phi) is 4.32. The van der Waals surface area contributed by atoms with Crippen LogP contribution in [-0.2, 0) is 9.59 Å². The summed E-state index contributed by atoms with van der Waals surface area (Å²) in [5, 5.41) is 5.33. The average Bonchev–Trinajstić information content (AvgIpc) is 2.97. The third kappa shape index (κ3) is 3.20. The molecule has 1 unspecified atom stereocenters. The minimum Gasteiger partial charge on any atom is -0.330 e. The lowest BCUT2D eigenvalue weighted by atomic mass is 10.2. The number of nitrogens with one attached hydrogen (secondary N) is 1. The lowest BCUT2D eigenvalue weighted by Crippen LogP contribution is -2.43. The maximum Gasteiger partial charge on any atom is 0.248 e. The van der Waals surface area contributed by atoms with Gasteiger partial charge in [-0.1, -0.05) is 11.6 Å². The molecule has 1 saturated carbocycles. The molecule has 2 amide bonds. The fourth-order valence-electron chi connectivity index (χ4n) is 2.95. The van der Waals surface area contributed by atoms with Gasteiger partial charge in [0.15, 0.2) is 5.13 Å². The summed E-state index contributed by atoms with van der Waals surface area (Å²) in [4.78, 5) is 32.0. The fourth-order valence-corrected chi connectivity index (χ4v) is 4.74. The zero-order chi connectivity index (χ0) is 16.7. The first-order valence-electron chi connectivity index (χ1n) is 7.94. The van der Waals surface area contributed by atoms with Crippen LogP contribution >= 0.6 is 34.3 Å². The summed E-state index contributed by atoms with van der Waals surface area (Å²) in [5.41, 5.74) is 0.810. The molecular weight excluding hydrogens is 366 g/mol. The summed E-state index contributed by atoms with van der Waals surface area (Å²) in [6.07, 6.45) is 3.53. The van der Waals surface area contributed by atoms with E-state index < -0.39 is 0 Å². The zero-order valence-electron chi connectivity index (χ0n) is 12.8. The minimum absolute atomic E-state index is 0.133. The van der Waals surface area contributed by atoms with Crippen LogP contribution in [0.4, 0.5) is 5.13 Å². The topological polar surface area (TPSA) is 62.3 Å². The molecule has 2 fully saturated rings. The standard InChI is InChI=1S/C16H16ClN3O2S2/c17-13-6-5-12(24-13)10-8-23-16(18-10)19-14(21)11-2-1-7-20(11)15(22)9-3-4-9/h5-6,8-9,11H,1-4,7H2,(H,18,19,21). The Bertz CT molecular complexity index is 784. The third-order valence-corrected chi connectivity index (χ3v) is 6.34. The SMILES string of the molecule is O=C(Nc1nc(-c2ccc(Cl)s2)cs1)C1CCCN1C(=O)C1CC1. The Hall–Kier alpha value is -1.44. The van der Waals surface area contributed by atoms with Crippen molar-refractivity contribution in [1.29, 1.82) is 0 Å². The fraction of sp³-hybridized carbons (Fsp3) is 0.438. The highest BCUT2D eigenvalue weighted by molar-refractivity contribution is 7.20. The van der Waals surface area contributed by atoms with Gasteiger partial charge in [0, 0.05) is 17.8 Å². The van der Waals surface area contributed by atoms with E-state index in [9.17, 15) is 9.59 Å². The first-order chi connectivity index (χ1) is 11.6. The summed E-state index contributed by atoms with van der Waals surface area (Å²) < 4.78 is 0.712. The van der Waals surface area contributed by atoms with E-state index in [1.807, 2.05) is 17.5 Å². The Balaban J connectivity index is 1.44. The van der Waals surface area contributed by atoms with Crippen LogP contribution in [0.25, 0.3) is 10.6 Å². The quantitative estimate of drug-likeness (QED) is 0.874. The molecule has 5 nitrogen and oxygen atoms in total. The minimum atomic E-state index is -0.360. The largest absolute Gasteiger partial charge is 0.330 e. The number of halogens is 1. The maximum atomic E-state index is 12.6. The van der Waals surface area contributed by atoms with Crippen molar-refractivity contribution in [1.82, 2.24) is 9.88 Å². The second-order valence-electron chi connectivity index (χ2n) is 6.09. The maximum absolute atomic E-state index is 12.6. The number of carbonyl (C=O) groups is 2. The van der Waals surface area contributed by atoms with Gasteiger partial charge in [-0.15, -0.1) is 22.7 Å². The van der Waals surface area contributed by atoms with Gasteiger partial charge in [0.2, 0.25) is 11.8 Å². The van der Waals surface area contributed by atoms with E-state index in [2.05, 4.69) is 10.3 Å². The van der Waals surface area contributed by atoms with Crippen LogP contribution in [-0.4, -0.2) is 34.3 Å². The van der Waals surface area contributed by atoms with Gasteiger partial charge in [0.25, 0.3) is 0 Å². The molecule has 2 aliphatic rings. The third-order valence-electron chi connectivity index (χ3n) is 4.33. The van der Waals surface area contributed by atoms with E-state index in [0.29, 0.717) is 16.0 Å². The van der Waals surface area contributed by atoms with Gasteiger partial charge in [-0.05, 0) is 37.8 Å². The molecule has 4 rings (SSSR count). The highest BCUT2D eigenvalue weighted by atomic mass is 35.5. The molecule has 2 aromatic heterocycles. The van der Waals surface area contributed by atoms with E-state index >= 15 is 0 Å². The lowest BCUT2D eigenvalue weighted by Gasteiger charge is -2.23. The van der Waals surface area contributed by atoms with Crippen LogP contribution in [0.15, 0.2) is 17.5 Å². The number of amides is 2. The highest BCUT2D eigenvalue weighted by Crippen LogP contribution is 2.35. The van der Waals surface area contributed by atoms with Crippen molar-refractivity contribution in [2.45, 2.75) is 31.7 Å². The van der Waals surface area contributed by atoms with E-state index in [0.717, 1.165) is 36.3 Å². The first-order valence-corrected chi connectivity index (χ1v) is 10.0. The number of hydrogen-bond acceptors (Lipinski definition) is 5. The smallest absolute Gasteiger partial charge is 0.248 e. The van der Waals surface area contributed by atoms with Gasteiger partial charge in [-0.25, -0.2) is 4.98 Å². The normalized spacial score (nSPS) is 20.4. The molecule has 1 atom stereocenters. The Morgan fingerprint density at radius 3 is 2.83 bits per heavy atom. The van der Waals surface area contributed by atoms with Gasteiger partial charge in [0.1, 0.15) is 6.04 Å². The van der Waals surface area contributed by atoms with Gasteiger partial charge < -0.3 is 10.2 Å². The molecule has 1 saturated heterocycles. The molecule has 0 aromatic carbocycles. The predicted molar refractivity (Wildman–Crippen MR) is 96.5 cm³/mol. The van der Waals surface area contributed by atoms with Crippen LogP contribution < -0.4 is 5.32 Å². The molecule has 24 heavy (non-hydrogen) atoms. The molecule has 0 bridgehead atoms. The molecule has 126 valence electrons. The van der Waals surface area contributed by atoms with Gasteiger partial charge in [-0.3, -0.25) is 9.59 Å². The molecule has 2 aromatic rings. The Morgan fingerprint density at radius 2 is 2.12 bits per heavy atom. The first kappa shape index (κ1) is 16.1. The summed E-state index contributed by atoms with van der Waals surface area (Å²) in [6, 6.07) is 3.39. The predicted octanol–water partition coefficient (Wildman–Crippen LogP) is 3.86. The Morgan fingerprint density at radius 1 is 1.29 bits per heavy atom. The van der Waals surface area contributed by atoms with E-state index in [4.69, 9.17) is 11.6 Å². The molecule has 1 aliphatic heterocycles. The number of nitrogens with zero attached hydrogens (tertiary/aromatic N) is 2. The second-order valence-corrected chi connectivity index (χ2v) is 8.67. The number of aromatic nitrogens is 1. The number of thiazole rings is 1. The van der Waals surface area contributed by atoms with Crippen molar-refractivity contribution >= 4 is 51.2 Å². The van der Waals surface area contributed by atoms with Crippen LogP contribution in [0.1, 0.15) is 25.7 Å². The van der Waals surface area contributed by atoms with Crippen LogP contribution in [0, 0.1) is 5.92 Å². The summed E-state index contributed by atoms with van der Waals surface area (Å²) in [5.74, 6) is 0.153. The molecule has 1 aliphatic carbocycles. The van der Waals surface area contributed by atoms with Crippen molar-refractivity contribution in [2.24, 2.45) is 5.92 Å². The van der Waals surface area contributed by atoms with Crippen molar-refractivity contribution in [3.8, 4) is 10.6 Å². The van der Waals surface area contributed by atoms with E-state index in [1.165, 1.54) is 22.7 Å². The molecule has 0 radical (unpaired) electrons. The van der Waals surface area contributed by atoms with Crippen molar-refractivity contribution < 1.29 is 9.59 Å².